The number of aryl methyl sites for hydroxylation is 1. The molecule has 0 N–H and O–H groups in total. The predicted octanol–water partition coefficient (Wildman–Crippen LogP) is 1.48. The van der Waals surface area contributed by atoms with Crippen molar-refractivity contribution in [2.75, 3.05) is 32.7 Å². The molecule has 0 saturated carbocycles. The number of carbonyl (C=O) groups is 1. The molecule has 1 saturated heterocycles. The predicted molar refractivity (Wildman–Crippen MR) is 88.0 cm³/mol. The summed E-state index contributed by atoms with van der Waals surface area (Å²) in [5, 5.41) is 0. The minimum atomic E-state index is -0.916. The first-order chi connectivity index (χ1) is 12.0. The molecule has 0 radical (unpaired) electrons. The van der Waals surface area contributed by atoms with Crippen LogP contribution >= 0.6 is 0 Å². The lowest BCUT2D eigenvalue weighted by molar-refractivity contribution is 0.0750. The second-order valence-electron chi connectivity index (χ2n) is 6.18. The average molecular weight is 349 g/mol. The zero-order valence-electron chi connectivity index (χ0n) is 14.2. The van der Waals surface area contributed by atoms with Crippen LogP contribution in [-0.2, 0) is 13.5 Å². The van der Waals surface area contributed by atoms with Crippen LogP contribution in [0.15, 0.2) is 24.7 Å². The Kier molecular flexibility index (Phi) is 5.37. The van der Waals surface area contributed by atoms with Gasteiger partial charge in [-0.05, 0) is 13.0 Å². The zero-order valence-corrected chi connectivity index (χ0v) is 14.2. The van der Waals surface area contributed by atoms with Gasteiger partial charge in [0.05, 0.1) is 6.20 Å². The minimum Gasteiger partial charge on any atom is -0.338 e. The summed E-state index contributed by atoms with van der Waals surface area (Å²) in [6, 6.07) is 0.692. The molecule has 1 amide bonds. The van der Waals surface area contributed by atoms with Gasteiger partial charge in [-0.1, -0.05) is 0 Å². The molecule has 1 aliphatic heterocycles. The van der Waals surface area contributed by atoms with E-state index in [9.17, 15) is 13.6 Å². The van der Waals surface area contributed by atoms with E-state index in [1.54, 1.807) is 11.1 Å². The maximum Gasteiger partial charge on any atom is 0.275 e. The maximum absolute atomic E-state index is 13.8. The van der Waals surface area contributed by atoms with Gasteiger partial charge >= 0.3 is 0 Å². The minimum absolute atomic E-state index is 0.317. The lowest BCUT2D eigenvalue weighted by Crippen LogP contribution is -2.36. The second-order valence-corrected chi connectivity index (χ2v) is 6.18. The van der Waals surface area contributed by atoms with E-state index in [-0.39, 0.29) is 5.69 Å². The van der Waals surface area contributed by atoms with E-state index in [0.717, 1.165) is 38.0 Å². The molecule has 2 aromatic heterocycles. The molecule has 1 aliphatic rings. The summed E-state index contributed by atoms with van der Waals surface area (Å²) in [6.45, 7) is 3.47. The average Bonchev–Trinajstić information content (AvgIpc) is 2.85. The van der Waals surface area contributed by atoms with Crippen LogP contribution in [0.25, 0.3) is 0 Å². The van der Waals surface area contributed by atoms with E-state index in [1.165, 1.54) is 0 Å². The smallest absolute Gasteiger partial charge is 0.275 e. The van der Waals surface area contributed by atoms with Crippen LogP contribution < -0.4 is 0 Å². The number of pyridine rings is 1. The van der Waals surface area contributed by atoms with Gasteiger partial charge in [0.25, 0.3) is 5.91 Å². The van der Waals surface area contributed by atoms with Crippen molar-refractivity contribution in [1.82, 2.24) is 24.3 Å². The van der Waals surface area contributed by atoms with Crippen molar-refractivity contribution in [1.29, 1.82) is 0 Å². The van der Waals surface area contributed by atoms with Crippen LogP contribution in [-0.4, -0.2) is 63.0 Å². The molecule has 0 aromatic carbocycles. The first-order valence-electron chi connectivity index (χ1n) is 8.33. The third-order valence-corrected chi connectivity index (χ3v) is 4.46. The summed E-state index contributed by atoms with van der Waals surface area (Å²) in [6.07, 6.45) is 6.21. The van der Waals surface area contributed by atoms with E-state index in [2.05, 4.69) is 14.9 Å². The first-order valence-corrected chi connectivity index (χ1v) is 8.33. The topological polar surface area (TPSA) is 54.3 Å². The van der Waals surface area contributed by atoms with Crippen LogP contribution in [0.4, 0.5) is 8.78 Å². The van der Waals surface area contributed by atoms with E-state index >= 15 is 0 Å². The van der Waals surface area contributed by atoms with Crippen molar-refractivity contribution in [3.63, 3.8) is 0 Å². The Morgan fingerprint density at radius 3 is 2.76 bits per heavy atom. The van der Waals surface area contributed by atoms with Gasteiger partial charge in [-0.3, -0.25) is 4.79 Å². The number of amides is 1. The molecular formula is C17H21F2N5O. The number of aromatic nitrogens is 3. The fraction of sp³-hybridized carbons (Fsp3) is 0.471. The molecule has 3 rings (SSSR count). The van der Waals surface area contributed by atoms with E-state index in [1.807, 2.05) is 17.8 Å². The normalized spacial score (nSPS) is 16.0. The van der Waals surface area contributed by atoms with E-state index in [4.69, 9.17) is 0 Å². The number of hydrogen-bond donors (Lipinski definition) is 0. The lowest BCUT2D eigenvalue weighted by Gasteiger charge is -2.21. The third kappa shape index (κ3) is 4.19. The van der Waals surface area contributed by atoms with Crippen LogP contribution in [0.1, 0.15) is 22.7 Å². The van der Waals surface area contributed by atoms with Crippen LogP contribution in [0.5, 0.6) is 0 Å². The van der Waals surface area contributed by atoms with Gasteiger partial charge in [-0.2, -0.15) is 0 Å². The van der Waals surface area contributed by atoms with Crippen LogP contribution in [0.3, 0.4) is 0 Å². The van der Waals surface area contributed by atoms with E-state index < -0.39 is 17.5 Å². The molecule has 0 atom stereocenters. The number of carbonyl (C=O) groups excluding carboxylic acids is 1. The number of nitrogens with zero attached hydrogens (tertiary/aromatic N) is 5. The van der Waals surface area contributed by atoms with Crippen LogP contribution in [0, 0.1) is 11.6 Å². The fourth-order valence-corrected chi connectivity index (χ4v) is 3.01. The fourth-order valence-electron chi connectivity index (χ4n) is 3.01. The summed E-state index contributed by atoms with van der Waals surface area (Å²) in [5.41, 5.74) is -0.317. The van der Waals surface area contributed by atoms with Crippen molar-refractivity contribution >= 4 is 5.91 Å². The molecule has 2 aromatic rings. The molecular weight excluding hydrogens is 328 g/mol. The van der Waals surface area contributed by atoms with Crippen molar-refractivity contribution < 1.29 is 13.6 Å². The van der Waals surface area contributed by atoms with Gasteiger partial charge in [0.15, 0.2) is 11.5 Å². The summed E-state index contributed by atoms with van der Waals surface area (Å²) >= 11 is 0. The molecule has 0 aliphatic carbocycles. The Hall–Kier alpha value is -2.35. The Bertz CT molecular complexity index is 748. The standard InChI is InChI=1S/C17H21F2N5O/c1-22-8-4-20-15(22)3-7-23-5-2-6-24(10-9-23)17(25)16-14(19)11-13(18)12-21-16/h4,8,11-12H,2-3,5-7,9-10H2,1H3. The molecule has 8 heteroatoms. The highest BCUT2D eigenvalue weighted by Gasteiger charge is 2.24. The maximum atomic E-state index is 13.8. The van der Waals surface area contributed by atoms with Gasteiger partial charge in [0.1, 0.15) is 11.6 Å². The molecule has 25 heavy (non-hydrogen) atoms. The summed E-state index contributed by atoms with van der Waals surface area (Å²) < 4.78 is 28.7. The summed E-state index contributed by atoms with van der Waals surface area (Å²) in [7, 11) is 1.97. The Morgan fingerprint density at radius 2 is 2.04 bits per heavy atom. The molecule has 6 nitrogen and oxygen atoms in total. The summed E-state index contributed by atoms with van der Waals surface area (Å²) in [5.74, 6) is -1.16. The molecule has 0 bridgehead atoms. The number of rotatable bonds is 4. The second kappa shape index (κ2) is 7.69. The quantitative estimate of drug-likeness (QED) is 0.839. The van der Waals surface area contributed by atoms with Gasteiger partial charge in [-0.25, -0.2) is 18.7 Å². The number of imidazole rings is 1. The highest BCUT2D eigenvalue weighted by molar-refractivity contribution is 5.92. The Balaban J connectivity index is 1.57. The Morgan fingerprint density at radius 1 is 1.20 bits per heavy atom. The highest BCUT2D eigenvalue weighted by atomic mass is 19.1. The lowest BCUT2D eigenvalue weighted by atomic mass is 10.3. The monoisotopic (exact) mass is 349 g/mol. The SMILES string of the molecule is Cn1ccnc1CCN1CCCN(C(=O)c2ncc(F)cc2F)CC1. The molecule has 134 valence electrons. The van der Waals surface area contributed by atoms with Crippen molar-refractivity contribution in [2.24, 2.45) is 7.05 Å². The highest BCUT2D eigenvalue weighted by Crippen LogP contribution is 2.12. The van der Waals surface area contributed by atoms with Gasteiger partial charge in [0, 0.05) is 58.1 Å². The van der Waals surface area contributed by atoms with Crippen molar-refractivity contribution in [3.8, 4) is 0 Å². The number of hydrogen-bond acceptors (Lipinski definition) is 4. The van der Waals surface area contributed by atoms with Crippen molar-refractivity contribution in [3.05, 3.63) is 47.8 Å². The zero-order chi connectivity index (χ0) is 17.8. The molecule has 0 unspecified atom stereocenters. The largest absolute Gasteiger partial charge is 0.338 e. The Labute approximate surface area is 145 Å². The molecule has 3 heterocycles. The van der Waals surface area contributed by atoms with E-state index in [0.29, 0.717) is 25.7 Å². The summed E-state index contributed by atoms with van der Waals surface area (Å²) in [4.78, 5) is 24.2. The third-order valence-electron chi connectivity index (χ3n) is 4.46. The molecule has 0 spiro atoms. The van der Waals surface area contributed by atoms with Gasteiger partial charge in [0.2, 0.25) is 0 Å². The van der Waals surface area contributed by atoms with Crippen molar-refractivity contribution in [2.45, 2.75) is 12.8 Å². The van der Waals surface area contributed by atoms with Crippen LogP contribution in [0.2, 0.25) is 0 Å². The first kappa shape index (κ1) is 17.5. The van der Waals surface area contributed by atoms with Gasteiger partial charge in [-0.15, -0.1) is 0 Å². The van der Waals surface area contributed by atoms with Gasteiger partial charge < -0.3 is 14.4 Å². The number of halogens is 2. The molecule has 1 fully saturated rings.